The first-order chi connectivity index (χ1) is 29.4. The zero-order valence-electron chi connectivity index (χ0n) is 39.8. The number of likely N-dealkylation sites (N-methyl/N-ethyl adjacent to an activating group) is 1. The van der Waals surface area contributed by atoms with Gasteiger partial charge < -0.3 is 69.5 Å². The van der Waals surface area contributed by atoms with Crippen LogP contribution in [0, 0.1) is 29.4 Å². The Morgan fingerprint density at radius 1 is 0.968 bits per heavy atom. The third-order valence-corrected chi connectivity index (χ3v) is 13.9. The molecule has 364 valence electrons. The van der Waals surface area contributed by atoms with Crippen molar-refractivity contribution in [2.24, 2.45) is 17.8 Å². The monoisotopic (exact) mass is 904 g/mol. The van der Waals surface area contributed by atoms with E-state index in [1.807, 2.05) is 20.8 Å². The van der Waals surface area contributed by atoms with Gasteiger partial charge >= 0.3 is 5.97 Å². The Morgan fingerprint density at radius 2 is 1.65 bits per heavy atom. The smallest absolute Gasteiger partial charge is 0.311 e. The van der Waals surface area contributed by atoms with Gasteiger partial charge in [0.2, 0.25) is 0 Å². The first-order valence-electron chi connectivity index (χ1n) is 22.8. The summed E-state index contributed by atoms with van der Waals surface area (Å²) in [5, 5.41) is 57.9. The average Bonchev–Trinajstić information content (AvgIpc) is 3.22. The molecule has 17 heteroatoms. The fraction of sp³-hybridized carbons (Fsp3) is 0.848. The minimum atomic E-state index is -1.87. The number of ether oxygens (including phenoxy) is 7. The Labute approximate surface area is 373 Å². The van der Waals surface area contributed by atoms with E-state index in [1.165, 1.54) is 20.1 Å². The van der Waals surface area contributed by atoms with Crippen molar-refractivity contribution in [3.63, 3.8) is 0 Å². The Bertz CT molecular complexity index is 1610. The molecule has 3 aliphatic heterocycles. The number of cyclic esters (lactones) is 1. The number of benzene rings is 1. The predicted octanol–water partition coefficient (Wildman–Crippen LogP) is 3.95. The van der Waals surface area contributed by atoms with Gasteiger partial charge in [-0.3, -0.25) is 4.79 Å². The van der Waals surface area contributed by atoms with E-state index >= 15 is 4.39 Å². The number of carbonyl (C=O) groups is 1. The Hall–Kier alpha value is -2.13. The van der Waals surface area contributed by atoms with Crippen molar-refractivity contribution in [3.8, 4) is 5.75 Å². The molecule has 18 atom stereocenters. The lowest BCUT2D eigenvalue weighted by Gasteiger charge is -2.53. The first kappa shape index (κ1) is 53.5. The Morgan fingerprint density at radius 3 is 2.25 bits per heavy atom. The van der Waals surface area contributed by atoms with Crippen LogP contribution < -0.4 is 20.7 Å². The molecule has 0 amide bonds. The third kappa shape index (κ3) is 12.3. The number of methoxy groups -OCH3 is 1. The summed E-state index contributed by atoms with van der Waals surface area (Å²) < 4.78 is 74.2. The van der Waals surface area contributed by atoms with Crippen molar-refractivity contribution < 1.29 is 67.2 Å². The van der Waals surface area contributed by atoms with Crippen LogP contribution in [0.4, 0.5) is 8.78 Å². The molecule has 0 saturated carbocycles. The van der Waals surface area contributed by atoms with Crippen LogP contribution in [0.15, 0.2) is 18.2 Å². The molecule has 4 rings (SSSR count). The van der Waals surface area contributed by atoms with E-state index in [-0.39, 0.29) is 37.5 Å². The minimum absolute atomic E-state index is 0.0381. The van der Waals surface area contributed by atoms with Gasteiger partial charge in [-0.1, -0.05) is 27.7 Å². The standard InChI is InChI=1S/C46H79F2N3O12/c1-14-18-50-24-46(56)30(8)59-36(22-44(46,10)57-13)62-37-27(5)40(63-42-38(33(49-12)19-26(4)58-42)60-34-17-16-31(47)20-32(34)48)43(9,54)21-25(3)23-51-29(7)39(52)45(11,55)35(15-2)61-41(53)28(37)6/h16-17,20,25-30,33,35-40,42,49-52,54-56H,14-15,18-19,21-24H2,1-13H3/t25?,26-,27?,28?,29?,30+,33+,35?,36+,37?,38-,39?,40?,42+,43?,44-,45?,46+/m1/s1. The molecule has 0 bridgehead atoms. The molecule has 0 aliphatic carbocycles. The highest BCUT2D eigenvalue weighted by atomic mass is 19.1. The summed E-state index contributed by atoms with van der Waals surface area (Å²) in [4.78, 5) is 14.5. The van der Waals surface area contributed by atoms with Gasteiger partial charge in [-0.25, -0.2) is 8.78 Å². The number of aliphatic hydroxyl groups is 4. The normalized spacial score (nSPS) is 43.7. The van der Waals surface area contributed by atoms with Gasteiger partial charge in [-0.05, 0) is 112 Å². The number of nitrogens with one attached hydrogen (secondary N) is 3. The van der Waals surface area contributed by atoms with Crippen molar-refractivity contribution in [1.82, 2.24) is 16.0 Å². The van der Waals surface area contributed by atoms with Crippen LogP contribution in [-0.4, -0.2) is 150 Å². The molecular formula is C46H79F2N3O12. The average molecular weight is 904 g/mol. The zero-order chi connectivity index (χ0) is 47.2. The third-order valence-electron chi connectivity index (χ3n) is 13.9. The summed E-state index contributed by atoms with van der Waals surface area (Å²) in [6.45, 7) is 20.4. The van der Waals surface area contributed by atoms with E-state index < -0.39 is 119 Å². The highest BCUT2D eigenvalue weighted by molar-refractivity contribution is 5.73. The van der Waals surface area contributed by atoms with Crippen LogP contribution in [0.3, 0.4) is 0 Å². The van der Waals surface area contributed by atoms with Crippen molar-refractivity contribution in [2.75, 3.05) is 33.8 Å². The largest absolute Gasteiger partial charge is 0.480 e. The molecule has 15 nitrogen and oxygen atoms in total. The Kier molecular flexibility index (Phi) is 18.8. The Balaban J connectivity index is 1.85. The fourth-order valence-electron chi connectivity index (χ4n) is 9.84. The predicted molar refractivity (Wildman–Crippen MR) is 232 cm³/mol. The molecule has 0 aromatic heterocycles. The molecule has 3 fully saturated rings. The summed E-state index contributed by atoms with van der Waals surface area (Å²) in [5.74, 6) is -4.90. The first-order valence-corrected chi connectivity index (χ1v) is 22.8. The molecular weight excluding hydrogens is 825 g/mol. The molecule has 7 N–H and O–H groups in total. The van der Waals surface area contributed by atoms with E-state index in [9.17, 15) is 29.6 Å². The van der Waals surface area contributed by atoms with Gasteiger partial charge in [-0.15, -0.1) is 0 Å². The second kappa shape index (κ2) is 22.1. The number of rotatable bonds is 13. The lowest BCUT2D eigenvalue weighted by molar-refractivity contribution is -0.335. The van der Waals surface area contributed by atoms with Crippen molar-refractivity contribution in [1.29, 1.82) is 0 Å². The van der Waals surface area contributed by atoms with Gasteiger partial charge in [0.15, 0.2) is 30.3 Å². The van der Waals surface area contributed by atoms with Crippen molar-refractivity contribution >= 4 is 5.97 Å². The van der Waals surface area contributed by atoms with E-state index in [4.69, 9.17) is 33.2 Å². The topological polar surface area (TPSA) is 199 Å². The van der Waals surface area contributed by atoms with Crippen molar-refractivity contribution in [3.05, 3.63) is 29.8 Å². The van der Waals surface area contributed by atoms with E-state index in [1.54, 1.807) is 55.5 Å². The van der Waals surface area contributed by atoms with Crippen LogP contribution in [0.2, 0.25) is 0 Å². The van der Waals surface area contributed by atoms with E-state index in [0.717, 1.165) is 18.6 Å². The van der Waals surface area contributed by atoms with Crippen LogP contribution >= 0.6 is 0 Å². The van der Waals surface area contributed by atoms with E-state index in [0.29, 0.717) is 19.5 Å². The summed E-state index contributed by atoms with van der Waals surface area (Å²) >= 11 is 0. The quantitative estimate of drug-likeness (QED) is 0.111. The second-order valence-corrected chi connectivity index (χ2v) is 19.2. The highest BCUT2D eigenvalue weighted by Crippen LogP contribution is 2.43. The van der Waals surface area contributed by atoms with Crippen LogP contribution in [0.25, 0.3) is 0 Å². The van der Waals surface area contributed by atoms with Crippen LogP contribution in [0.1, 0.15) is 108 Å². The van der Waals surface area contributed by atoms with Crippen LogP contribution in [0.5, 0.6) is 5.75 Å². The number of hydrogen-bond acceptors (Lipinski definition) is 15. The molecule has 3 aliphatic rings. The SMILES string of the molecule is CCCNC[C@]1(O)[C@H](C)O[C@@H](OC2C(C)C(=O)OC(CC)C(C)(O)C(O)C(C)NCC(C)CC(C)(O)C(O[C@@H]3O[C@H](C)C[C@H](NC)[C@H]3Oc3ccc(F)cc3F)C2C)C[C@@]1(C)OC. The summed E-state index contributed by atoms with van der Waals surface area (Å²) in [6.07, 6.45) is -7.71. The maximum Gasteiger partial charge on any atom is 0.311 e. The maximum absolute atomic E-state index is 15.2. The molecule has 0 radical (unpaired) electrons. The van der Waals surface area contributed by atoms with Crippen LogP contribution in [-0.2, 0) is 33.2 Å². The highest BCUT2D eigenvalue weighted by Gasteiger charge is 2.58. The van der Waals surface area contributed by atoms with Gasteiger partial charge in [0.05, 0.1) is 42.0 Å². The summed E-state index contributed by atoms with van der Waals surface area (Å²) in [6, 6.07) is 1.91. The summed E-state index contributed by atoms with van der Waals surface area (Å²) in [5.41, 5.74) is -6.23. The van der Waals surface area contributed by atoms with Gasteiger partial charge in [0.1, 0.15) is 34.8 Å². The molecule has 10 unspecified atom stereocenters. The minimum Gasteiger partial charge on any atom is -0.480 e. The zero-order valence-corrected chi connectivity index (χ0v) is 39.8. The number of carbonyl (C=O) groups excluding carboxylic acids is 1. The maximum atomic E-state index is 15.2. The van der Waals surface area contributed by atoms with Crippen molar-refractivity contribution in [2.45, 2.75) is 198 Å². The lowest BCUT2D eigenvalue weighted by Crippen LogP contribution is -2.70. The molecule has 1 aromatic rings. The molecule has 0 spiro atoms. The molecule has 1 aromatic carbocycles. The molecule has 3 saturated heterocycles. The number of hydrogen-bond donors (Lipinski definition) is 7. The molecule has 3 heterocycles. The lowest BCUT2D eigenvalue weighted by atomic mass is 9.75. The number of aliphatic hydroxyl groups excluding tert-OH is 1. The molecule has 63 heavy (non-hydrogen) atoms. The second-order valence-electron chi connectivity index (χ2n) is 19.2. The number of esters is 1. The number of halogens is 2. The summed E-state index contributed by atoms with van der Waals surface area (Å²) in [7, 11) is 3.24. The fourth-order valence-corrected chi connectivity index (χ4v) is 9.84. The van der Waals surface area contributed by atoms with Gasteiger partial charge in [-0.2, -0.15) is 0 Å². The van der Waals surface area contributed by atoms with E-state index in [2.05, 4.69) is 16.0 Å². The van der Waals surface area contributed by atoms with Gasteiger partial charge in [0, 0.05) is 38.1 Å². The van der Waals surface area contributed by atoms with Gasteiger partial charge in [0.25, 0.3) is 0 Å².